The van der Waals surface area contributed by atoms with Gasteiger partial charge in [0, 0.05) is 11.3 Å². The summed E-state index contributed by atoms with van der Waals surface area (Å²) in [6, 6.07) is 14.0. The fourth-order valence-corrected chi connectivity index (χ4v) is 1.68. The molecule has 0 bridgehead atoms. The second kappa shape index (κ2) is 5.22. The molecule has 4 N–H and O–H groups in total. The molecule has 0 spiro atoms. The predicted octanol–water partition coefficient (Wildman–Crippen LogP) is 1.99. The zero-order valence-electron chi connectivity index (χ0n) is 10.1. The number of primary amides is 1. The Morgan fingerprint density at radius 3 is 2.00 bits per heavy atom. The molecule has 0 fully saturated rings. The van der Waals surface area contributed by atoms with Gasteiger partial charge in [0.1, 0.15) is 0 Å². The maximum Gasteiger partial charge on any atom is 0.326 e. The van der Waals surface area contributed by atoms with Crippen LogP contribution in [0.25, 0.3) is 0 Å². The van der Waals surface area contributed by atoms with E-state index in [1.54, 1.807) is 54.6 Å². The molecule has 2 rings (SSSR count). The van der Waals surface area contributed by atoms with E-state index in [2.05, 4.69) is 0 Å². The van der Waals surface area contributed by atoms with Crippen molar-refractivity contribution >= 4 is 23.3 Å². The van der Waals surface area contributed by atoms with Crippen LogP contribution in [-0.2, 0) is 0 Å². The van der Waals surface area contributed by atoms with Gasteiger partial charge >= 0.3 is 6.03 Å². The minimum atomic E-state index is -0.835. The molecule has 19 heavy (non-hydrogen) atoms. The quantitative estimate of drug-likeness (QED) is 0.804. The predicted molar refractivity (Wildman–Crippen MR) is 73.7 cm³/mol. The molecule has 0 aliphatic rings. The number of hydrogen-bond donors (Lipinski definition) is 2. The van der Waals surface area contributed by atoms with Crippen molar-refractivity contribution in [2.24, 2.45) is 5.73 Å². The minimum Gasteiger partial charge on any atom is -0.399 e. The monoisotopic (exact) mass is 255 g/mol. The summed E-state index contributed by atoms with van der Waals surface area (Å²) >= 11 is 0. The van der Waals surface area contributed by atoms with Crippen molar-refractivity contribution in [3.05, 3.63) is 60.2 Å². The van der Waals surface area contributed by atoms with E-state index >= 15 is 0 Å². The molecule has 0 aliphatic carbocycles. The Balaban J connectivity index is 2.39. The molecular formula is C14H13N3O2. The lowest BCUT2D eigenvalue weighted by Crippen LogP contribution is -2.40. The van der Waals surface area contributed by atoms with Crippen molar-refractivity contribution in [1.29, 1.82) is 0 Å². The van der Waals surface area contributed by atoms with E-state index in [0.29, 0.717) is 16.9 Å². The SMILES string of the molecule is NC(=O)N(C(=O)c1ccccc1)c1ccc(N)cc1. The van der Waals surface area contributed by atoms with Gasteiger partial charge < -0.3 is 11.5 Å². The lowest BCUT2D eigenvalue weighted by Gasteiger charge is -2.18. The average Bonchev–Trinajstić information content (AvgIpc) is 2.42. The van der Waals surface area contributed by atoms with Gasteiger partial charge in [0.25, 0.3) is 5.91 Å². The highest BCUT2D eigenvalue weighted by atomic mass is 16.2. The molecular weight excluding hydrogens is 242 g/mol. The molecule has 5 heteroatoms. The zero-order valence-corrected chi connectivity index (χ0v) is 10.1. The van der Waals surface area contributed by atoms with Crippen molar-refractivity contribution < 1.29 is 9.59 Å². The van der Waals surface area contributed by atoms with Crippen LogP contribution in [0.3, 0.4) is 0 Å². The fraction of sp³-hybridized carbons (Fsp3) is 0. The lowest BCUT2D eigenvalue weighted by atomic mass is 10.2. The molecule has 0 saturated carbocycles. The Labute approximate surface area is 110 Å². The first-order valence-corrected chi connectivity index (χ1v) is 5.64. The molecule has 5 nitrogen and oxygen atoms in total. The smallest absolute Gasteiger partial charge is 0.326 e. The number of amides is 3. The van der Waals surface area contributed by atoms with Crippen LogP contribution in [-0.4, -0.2) is 11.9 Å². The highest BCUT2D eigenvalue weighted by Crippen LogP contribution is 2.18. The fourth-order valence-electron chi connectivity index (χ4n) is 1.68. The Bertz CT molecular complexity index is 594. The summed E-state index contributed by atoms with van der Waals surface area (Å²) in [5.74, 6) is -0.474. The normalized spacial score (nSPS) is 9.89. The van der Waals surface area contributed by atoms with Crippen LogP contribution in [0.1, 0.15) is 10.4 Å². The van der Waals surface area contributed by atoms with E-state index in [-0.39, 0.29) is 0 Å². The van der Waals surface area contributed by atoms with Crippen LogP contribution in [0, 0.1) is 0 Å². The van der Waals surface area contributed by atoms with Crippen molar-refractivity contribution in [2.75, 3.05) is 10.6 Å². The second-order valence-corrected chi connectivity index (χ2v) is 3.94. The first kappa shape index (κ1) is 12.6. The van der Waals surface area contributed by atoms with E-state index < -0.39 is 11.9 Å². The number of imide groups is 1. The molecule has 0 radical (unpaired) electrons. The highest BCUT2D eigenvalue weighted by molar-refractivity contribution is 6.20. The molecule has 3 amide bonds. The first-order valence-electron chi connectivity index (χ1n) is 5.64. The largest absolute Gasteiger partial charge is 0.399 e. The Hall–Kier alpha value is -2.82. The third kappa shape index (κ3) is 2.71. The maximum absolute atomic E-state index is 12.3. The van der Waals surface area contributed by atoms with Gasteiger partial charge in [0.2, 0.25) is 0 Å². The van der Waals surface area contributed by atoms with Crippen molar-refractivity contribution in [1.82, 2.24) is 0 Å². The van der Waals surface area contributed by atoms with Gasteiger partial charge in [-0.15, -0.1) is 0 Å². The van der Waals surface area contributed by atoms with Crippen LogP contribution >= 0.6 is 0 Å². The van der Waals surface area contributed by atoms with Crippen molar-refractivity contribution in [3.63, 3.8) is 0 Å². The Morgan fingerprint density at radius 2 is 1.47 bits per heavy atom. The third-order valence-corrected chi connectivity index (χ3v) is 2.60. The molecule has 2 aromatic carbocycles. The number of nitrogens with two attached hydrogens (primary N) is 2. The van der Waals surface area contributed by atoms with Crippen LogP contribution in [0.4, 0.5) is 16.2 Å². The number of anilines is 2. The number of benzene rings is 2. The van der Waals surface area contributed by atoms with Crippen molar-refractivity contribution in [2.45, 2.75) is 0 Å². The van der Waals surface area contributed by atoms with Crippen LogP contribution in [0.2, 0.25) is 0 Å². The topological polar surface area (TPSA) is 89.4 Å². The van der Waals surface area contributed by atoms with E-state index in [9.17, 15) is 9.59 Å². The number of nitrogens with zero attached hydrogens (tertiary/aromatic N) is 1. The molecule has 96 valence electrons. The number of hydrogen-bond acceptors (Lipinski definition) is 3. The molecule has 0 atom stereocenters. The number of nitrogen functional groups attached to an aromatic ring is 1. The summed E-state index contributed by atoms with van der Waals surface area (Å²) in [7, 11) is 0. The van der Waals surface area contributed by atoms with Gasteiger partial charge in [-0.05, 0) is 36.4 Å². The van der Waals surface area contributed by atoms with Gasteiger partial charge in [-0.25, -0.2) is 9.69 Å². The van der Waals surface area contributed by atoms with Gasteiger partial charge in [-0.3, -0.25) is 4.79 Å². The summed E-state index contributed by atoms with van der Waals surface area (Å²) in [6.45, 7) is 0. The number of urea groups is 1. The summed E-state index contributed by atoms with van der Waals surface area (Å²) in [4.78, 5) is 24.7. The van der Waals surface area contributed by atoms with Crippen molar-refractivity contribution in [3.8, 4) is 0 Å². The molecule has 0 aromatic heterocycles. The molecule has 0 aliphatic heterocycles. The maximum atomic E-state index is 12.3. The van der Waals surface area contributed by atoms with Crippen LogP contribution in [0.15, 0.2) is 54.6 Å². The first-order chi connectivity index (χ1) is 9.09. The Morgan fingerprint density at radius 1 is 0.895 bits per heavy atom. The second-order valence-electron chi connectivity index (χ2n) is 3.94. The Kier molecular flexibility index (Phi) is 3.47. The summed E-state index contributed by atoms with van der Waals surface area (Å²) in [5.41, 5.74) is 12.2. The average molecular weight is 255 g/mol. The van der Waals surface area contributed by atoms with Crippen LogP contribution < -0.4 is 16.4 Å². The molecule has 0 saturated heterocycles. The minimum absolute atomic E-state index is 0.385. The number of carbonyl (C=O) groups excluding carboxylic acids is 2. The van der Waals surface area contributed by atoms with E-state index in [0.717, 1.165) is 4.90 Å². The molecule has 2 aromatic rings. The van der Waals surface area contributed by atoms with Gasteiger partial charge in [0.05, 0.1) is 5.69 Å². The van der Waals surface area contributed by atoms with Crippen LogP contribution in [0.5, 0.6) is 0 Å². The van der Waals surface area contributed by atoms with Gasteiger partial charge in [-0.2, -0.15) is 0 Å². The van der Waals surface area contributed by atoms with E-state index in [4.69, 9.17) is 11.5 Å². The standard InChI is InChI=1S/C14H13N3O2/c15-11-6-8-12(9-7-11)17(14(16)19)13(18)10-4-2-1-3-5-10/h1-9H,15H2,(H2,16,19). The number of carbonyl (C=O) groups is 2. The van der Waals surface area contributed by atoms with E-state index in [1.807, 2.05) is 0 Å². The zero-order chi connectivity index (χ0) is 13.8. The van der Waals surface area contributed by atoms with E-state index in [1.165, 1.54) is 0 Å². The lowest BCUT2D eigenvalue weighted by molar-refractivity contribution is 0.0995. The van der Waals surface area contributed by atoms with Gasteiger partial charge in [-0.1, -0.05) is 18.2 Å². The molecule has 0 unspecified atom stereocenters. The summed E-state index contributed by atoms with van der Waals surface area (Å²) in [5, 5.41) is 0. The summed E-state index contributed by atoms with van der Waals surface area (Å²) in [6.07, 6.45) is 0. The molecule has 0 heterocycles. The van der Waals surface area contributed by atoms with Gasteiger partial charge in [0.15, 0.2) is 0 Å². The number of rotatable bonds is 2. The third-order valence-electron chi connectivity index (χ3n) is 2.60. The summed E-state index contributed by atoms with van der Waals surface area (Å²) < 4.78 is 0. The highest BCUT2D eigenvalue weighted by Gasteiger charge is 2.22.